The molecule has 3 N–H and O–H groups in total. The van der Waals surface area contributed by atoms with Gasteiger partial charge < -0.3 is 20.5 Å². The van der Waals surface area contributed by atoms with E-state index < -0.39 is 0 Å². The Bertz CT molecular complexity index is 642. The van der Waals surface area contributed by atoms with Gasteiger partial charge in [-0.1, -0.05) is 17.7 Å². The molecule has 1 saturated heterocycles. The lowest BCUT2D eigenvalue weighted by atomic mass is 9.99. The van der Waals surface area contributed by atoms with Crippen LogP contribution in [0.3, 0.4) is 0 Å². The first-order valence-corrected chi connectivity index (χ1v) is 9.01. The lowest BCUT2D eigenvalue weighted by molar-refractivity contribution is 0.230. The monoisotopic (exact) mass is 363 g/mol. The molecule has 0 spiro atoms. The Balaban J connectivity index is 1.76. The molecule has 5 nitrogen and oxygen atoms in total. The highest BCUT2D eigenvalue weighted by molar-refractivity contribution is 6.33. The SMILES string of the molecule is COc1cc(C2C=C(CN3CCC(N)CC3)C=CN2)cc(OC)c1Cl. The molecule has 1 aromatic rings. The number of ether oxygens (including phenoxy) is 2. The standard InChI is InChI=1S/C19H26ClN3O2/c1-24-17-10-14(11-18(25-2)19(17)20)16-9-13(3-6-22-16)12-23-7-4-15(21)5-8-23/h3,6,9-11,15-16,22H,4-5,7-8,12,21H2,1-2H3. The van der Waals surface area contributed by atoms with Gasteiger partial charge in [0.1, 0.15) is 16.5 Å². The second-order valence-electron chi connectivity index (χ2n) is 6.57. The molecule has 1 aromatic carbocycles. The minimum Gasteiger partial charge on any atom is -0.495 e. The summed E-state index contributed by atoms with van der Waals surface area (Å²) in [5.41, 5.74) is 8.35. The van der Waals surface area contributed by atoms with Crippen LogP contribution in [0.2, 0.25) is 5.02 Å². The second kappa shape index (κ2) is 8.13. The highest BCUT2D eigenvalue weighted by Crippen LogP contribution is 2.37. The molecule has 2 heterocycles. The van der Waals surface area contributed by atoms with Crippen molar-refractivity contribution in [2.75, 3.05) is 33.9 Å². The molecule has 3 rings (SSSR count). The Morgan fingerprint density at radius 2 is 1.84 bits per heavy atom. The summed E-state index contributed by atoms with van der Waals surface area (Å²) in [6, 6.07) is 4.33. The van der Waals surface area contributed by atoms with E-state index >= 15 is 0 Å². The number of hydrogen-bond donors (Lipinski definition) is 2. The average Bonchev–Trinajstić information content (AvgIpc) is 2.64. The predicted octanol–water partition coefficient (Wildman–Crippen LogP) is 2.86. The average molecular weight is 364 g/mol. The van der Waals surface area contributed by atoms with Crippen LogP contribution < -0.4 is 20.5 Å². The fraction of sp³-hybridized carbons (Fsp3) is 0.474. The molecule has 1 fully saturated rings. The number of benzene rings is 1. The van der Waals surface area contributed by atoms with Gasteiger partial charge in [-0.2, -0.15) is 0 Å². The minimum atomic E-state index is 0.0621. The third-order valence-corrected chi connectivity index (χ3v) is 5.19. The van der Waals surface area contributed by atoms with Crippen molar-refractivity contribution >= 4 is 11.6 Å². The van der Waals surface area contributed by atoms with Gasteiger partial charge in [0.25, 0.3) is 0 Å². The first-order valence-electron chi connectivity index (χ1n) is 8.63. The molecule has 6 heteroatoms. The van der Waals surface area contributed by atoms with Crippen molar-refractivity contribution in [3.05, 3.63) is 46.6 Å². The van der Waals surface area contributed by atoms with Crippen molar-refractivity contribution in [2.24, 2.45) is 5.73 Å². The van der Waals surface area contributed by atoms with Crippen molar-refractivity contribution in [1.29, 1.82) is 0 Å². The van der Waals surface area contributed by atoms with E-state index in [0.717, 1.165) is 38.0 Å². The molecule has 0 amide bonds. The summed E-state index contributed by atoms with van der Waals surface area (Å²) in [6.07, 6.45) is 8.53. The maximum absolute atomic E-state index is 6.27. The number of nitrogens with two attached hydrogens (primary N) is 1. The number of halogens is 1. The Labute approximate surface area is 154 Å². The van der Waals surface area contributed by atoms with E-state index in [4.69, 9.17) is 26.8 Å². The number of hydrogen-bond acceptors (Lipinski definition) is 5. The number of likely N-dealkylation sites (tertiary alicyclic amines) is 1. The third kappa shape index (κ3) is 4.29. The maximum Gasteiger partial charge on any atom is 0.141 e. The van der Waals surface area contributed by atoms with Crippen molar-refractivity contribution in [3.8, 4) is 11.5 Å². The summed E-state index contributed by atoms with van der Waals surface area (Å²) in [5.74, 6) is 1.24. The smallest absolute Gasteiger partial charge is 0.141 e. The zero-order valence-electron chi connectivity index (χ0n) is 14.8. The van der Waals surface area contributed by atoms with E-state index in [2.05, 4.69) is 22.4 Å². The Kier molecular flexibility index (Phi) is 5.89. The van der Waals surface area contributed by atoms with Crippen LogP contribution in [0.4, 0.5) is 0 Å². The molecule has 25 heavy (non-hydrogen) atoms. The topological polar surface area (TPSA) is 59.8 Å². The molecule has 2 aliphatic heterocycles. The van der Waals surface area contributed by atoms with Crippen molar-refractivity contribution < 1.29 is 9.47 Å². The number of nitrogens with zero attached hydrogens (tertiary/aromatic N) is 1. The Morgan fingerprint density at radius 1 is 1.20 bits per heavy atom. The van der Waals surface area contributed by atoms with Crippen LogP contribution in [-0.2, 0) is 0 Å². The molecule has 0 aliphatic carbocycles. The molecule has 1 unspecified atom stereocenters. The van der Waals surface area contributed by atoms with Gasteiger partial charge in [0.15, 0.2) is 0 Å². The molecule has 0 radical (unpaired) electrons. The molecular formula is C19H26ClN3O2. The van der Waals surface area contributed by atoms with E-state index in [1.54, 1.807) is 14.2 Å². The third-order valence-electron chi connectivity index (χ3n) is 4.82. The number of methoxy groups -OCH3 is 2. The largest absolute Gasteiger partial charge is 0.495 e. The first-order chi connectivity index (χ1) is 12.1. The van der Waals surface area contributed by atoms with E-state index in [1.807, 2.05) is 18.3 Å². The quantitative estimate of drug-likeness (QED) is 0.842. The van der Waals surface area contributed by atoms with Gasteiger partial charge in [-0.25, -0.2) is 0 Å². The van der Waals surface area contributed by atoms with Crippen molar-refractivity contribution in [3.63, 3.8) is 0 Å². The number of nitrogens with one attached hydrogen (secondary N) is 1. The first kappa shape index (κ1) is 18.1. The number of piperidine rings is 1. The Morgan fingerprint density at radius 3 is 2.44 bits per heavy atom. The van der Waals surface area contributed by atoms with Crippen LogP contribution in [0.1, 0.15) is 24.4 Å². The van der Waals surface area contributed by atoms with E-state index in [0.29, 0.717) is 22.6 Å². The van der Waals surface area contributed by atoms with E-state index in [-0.39, 0.29) is 6.04 Å². The van der Waals surface area contributed by atoms with Crippen molar-refractivity contribution in [1.82, 2.24) is 10.2 Å². The van der Waals surface area contributed by atoms with Crippen LogP contribution in [0, 0.1) is 0 Å². The van der Waals surface area contributed by atoms with Gasteiger partial charge >= 0.3 is 0 Å². The zero-order chi connectivity index (χ0) is 17.8. The lowest BCUT2D eigenvalue weighted by Gasteiger charge is -2.31. The van der Waals surface area contributed by atoms with Crippen LogP contribution in [0.5, 0.6) is 11.5 Å². The lowest BCUT2D eigenvalue weighted by Crippen LogP contribution is -2.40. The van der Waals surface area contributed by atoms with Crippen LogP contribution in [-0.4, -0.2) is 44.8 Å². The summed E-state index contributed by atoms with van der Waals surface area (Å²) in [7, 11) is 3.22. The normalized spacial score (nSPS) is 21.6. The summed E-state index contributed by atoms with van der Waals surface area (Å²) in [6.45, 7) is 3.07. The van der Waals surface area contributed by atoms with Crippen molar-refractivity contribution in [2.45, 2.75) is 24.9 Å². The predicted molar refractivity (Wildman–Crippen MR) is 101 cm³/mol. The molecular weight excluding hydrogens is 338 g/mol. The highest BCUT2D eigenvalue weighted by Gasteiger charge is 2.20. The highest BCUT2D eigenvalue weighted by atomic mass is 35.5. The van der Waals surface area contributed by atoms with Gasteiger partial charge in [0.2, 0.25) is 0 Å². The fourth-order valence-corrected chi connectivity index (χ4v) is 3.58. The van der Waals surface area contributed by atoms with Gasteiger partial charge in [0.05, 0.1) is 20.3 Å². The summed E-state index contributed by atoms with van der Waals surface area (Å²) >= 11 is 6.27. The van der Waals surface area contributed by atoms with Gasteiger partial charge in [-0.15, -0.1) is 0 Å². The van der Waals surface area contributed by atoms with E-state index in [9.17, 15) is 0 Å². The second-order valence-corrected chi connectivity index (χ2v) is 6.95. The summed E-state index contributed by atoms with van der Waals surface area (Å²) in [4.78, 5) is 2.46. The number of dihydropyridines is 1. The van der Waals surface area contributed by atoms with Crippen LogP contribution in [0.15, 0.2) is 36.1 Å². The van der Waals surface area contributed by atoms with Gasteiger partial charge in [-0.05, 0) is 61.5 Å². The molecule has 136 valence electrons. The summed E-state index contributed by atoms with van der Waals surface area (Å²) < 4.78 is 10.8. The molecule has 1 atom stereocenters. The maximum atomic E-state index is 6.27. The molecule has 0 bridgehead atoms. The van der Waals surface area contributed by atoms with Gasteiger partial charge in [0, 0.05) is 12.6 Å². The zero-order valence-corrected chi connectivity index (χ0v) is 15.6. The fourth-order valence-electron chi connectivity index (χ4n) is 3.31. The summed E-state index contributed by atoms with van der Waals surface area (Å²) in [5, 5.41) is 3.88. The van der Waals surface area contributed by atoms with E-state index in [1.165, 1.54) is 5.57 Å². The Hall–Kier alpha value is -1.69. The van der Waals surface area contributed by atoms with Gasteiger partial charge in [-0.3, -0.25) is 4.90 Å². The number of rotatable bonds is 5. The van der Waals surface area contributed by atoms with Crippen LogP contribution >= 0.6 is 11.6 Å². The minimum absolute atomic E-state index is 0.0621. The van der Waals surface area contributed by atoms with Crippen LogP contribution in [0.25, 0.3) is 0 Å². The molecule has 0 aromatic heterocycles. The molecule has 2 aliphatic rings. The molecule has 0 saturated carbocycles.